The van der Waals surface area contributed by atoms with Crippen LogP contribution in [0.4, 0.5) is 15.8 Å². The van der Waals surface area contributed by atoms with Gasteiger partial charge in [0.2, 0.25) is 11.8 Å². The molecule has 210 valence electrons. The molecule has 1 aliphatic rings. The highest BCUT2D eigenvalue weighted by Gasteiger charge is 2.56. The summed E-state index contributed by atoms with van der Waals surface area (Å²) in [7, 11) is 0. The van der Waals surface area contributed by atoms with Crippen LogP contribution in [0.2, 0.25) is 0 Å². The van der Waals surface area contributed by atoms with Gasteiger partial charge in [-0.2, -0.15) is 0 Å². The molecule has 1 fully saturated rings. The van der Waals surface area contributed by atoms with Crippen LogP contribution in [0.1, 0.15) is 38.7 Å². The highest BCUT2D eigenvalue weighted by molar-refractivity contribution is 6.11. The Kier molecular flexibility index (Phi) is 8.84. The monoisotopic (exact) mass is 548 g/mol. The van der Waals surface area contributed by atoms with Gasteiger partial charge in [0.05, 0.1) is 36.1 Å². The molecule has 0 spiro atoms. The van der Waals surface area contributed by atoms with Crippen LogP contribution in [0.15, 0.2) is 72.8 Å². The van der Waals surface area contributed by atoms with Gasteiger partial charge in [0.1, 0.15) is 29.0 Å². The molecule has 0 aliphatic heterocycles. The van der Waals surface area contributed by atoms with Crippen molar-refractivity contribution in [2.24, 2.45) is 11.8 Å². The molecule has 2 amide bonds. The number of carbonyl (C=O) groups is 3. The first kappa shape index (κ1) is 28.8. The number of ether oxygens (including phenoxy) is 2. The molecule has 0 saturated heterocycles. The van der Waals surface area contributed by atoms with E-state index >= 15 is 0 Å². The van der Waals surface area contributed by atoms with Crippen molar-refractivity contribution in [1.82, 2.24) is 0 Å². The SMILES string of the molecule is CCOc1ccccc1NC(=O)C1C(=O)CC(C)(O)C(C(=O)Nc2ccccc2OCC)C1c1cccc(F)c1. The van der Waals surface area contributed by atoms with Gasteiger partial charge in [-0.1, -0.05) is 36.4 Å². The van der Waals surface area contributed by atoms with E-state index in [1.54, 1.807) is 61.5 Å². The second-order valence-electron chi connectivity index (χ2n) is 9.87. The maximum atomic E-state index is 14.5. The van der Waals surface area contributed by atoms with Crippen molar-refractivity contribution in [3.8, 4) is 11.5 Å². The third kappa shape index (κ3) is 6.15. The molecule has 9 heteroatoms. The molecule has 3 aromatic carbocycles. The number of amides is 2. The molecule has 0 radical (unpaired) electrons. The molecule has 4 unspecified atom stereocenters. The Morgan fingerprint density at radius 2 is 1.45 bits per heavy atom. The summed E-state index contributed by atoms with van der Waals surface area (Å²) in [6.07, 6.45) is -0.449. The maximum Gasteiger partial charge on any atom is 0.235 e. The van der Waals surface area contributed by atoms with Crippen LogP contribution in [-0.2, 0) is 14.4 Å². The summed E-state index contributed by atoms with van der Waals surface area (Å²) in [6.45, 7) is 5.71. The number of halogens is 1. The highest BCUT2D eigenvalue weighted by atomic mass is 19.1. The number of hydrogen-bond acceptors (Lipinski definition) is 6. The Labute approximate surface area is 232 Å². The Bertz CT molecular complexity index is 1390. The van der Waals surface area contributed by atoms with Crippen LogP contribution in [0.3, 0.4) is 0 Å². The number of aliphatic hydroxyl groups is 1. The second-order valence-corrected chi connectivity index (χ2v) is 9.87. The molecule has 0 bridgehead atoms. The minimum Gasteiger partial charge on any atom is -0.492 e. The molecule has 0 aromatic heterocycles. The molecular weight excluding hydrogens is 515 g/mol. The van der Waals surface area contributed by atoms with Crippen LogP contribution < -0.4 is 20.1 Å². The third-order valence-electron chi connectivity index (χ3n) is 6.96. The lowest BCUT2D eigenvalue weighted by Gasteiger charge is -2.44. The molecule has 4 rings (SSSR count). The number of nitrogens with one attached hydrogen (secondary N) is 2. The zero-order chi connectivity index (χ0) is 28.9. The number of para-hydroxylation sites is 4. The standard InChI is InChI=1S/C31H33FN2O6/c1-4-39-24-15-8-6-13-21(24)33-29(36)27-23(35)18-31(3,38)28(26(27)19-11-10-12-20(32)17-19)30(37)34-22-14-7-9-16-25(22)40-5-2/h6-17,26-28,38H,4-5,18H2,1-3H3,(H,33,36)(H,34,37). The minimum absolute atomic E-state index is 0.241. The van der Waals surface area contributed by atoms with Crippen LogP contribution in [0, 0.1) is 17.7 Å². The van der Waals surface area contributed by atoms with Crippen LogP contribution in [0.5, 0.6) is 11.5 Å². The molecule has 0 heterocycles. The number of carbonyl (C=O) groups excluding carboxylic acids is 3. The number of ketones is 1. The van der Waals surface area contributed by atoms with Gasteiger partial charge in [-0.05, 0) is 62.7 Å². The Hall–Kier alpha value is -4.24. The van der Waals surface area contributed by atoms with Crippen molar-refractivity contribution in [3.63, 3.8) is 0 Å². The smallest absolute Gasteiger partial charge is 0.235 e. The van der Waals surface area contributed by atoms with Gasteiger partial charge in [0.25, 0.3) is 0 Å². The van der Waals surface area contributed by atoms with Gasteiger partial charge in [-0.3, -0.25) is 14.4 Å². The first-order valence-electron chi connectivity index (χ1n) is 13.2. The van der Waals surface area contributed by atoms with E-state index in [0.717, 1.165) is 0 Å². The topological polar surface area (TPSA) is 114 Å². The predicted octanol–water partition coefficient (Wildman–Crippen LogP) is 4.94. The lowest BCUT2D eigenvalue weighted by Crippen LogP contribution is -2.56. The van der Waals surface area contributed by atoms with E-state index in [9.17, 15) is 23.9 Å². The van der Waals surface area contributed by atoms with Crippen molar-refractivity contribution in [3.05, 3.63) is 84.2 Å². The molecule has 4 atom stereocenters. The van der Waals surface area contributed by atoms with Crippen molar-refractivity contribution in [1.29, 1.82) is 0 Å². The van der Waals surface area contributed by atoms with Crippen molar-refractivity contribution in [2.45, 2.75) is 38.7 Å². The third-order valence-corrected chi connectivity index (χ3v) is 6.96. The molecule has 1 aliphatic carbocycles. The summed E-state index contributed by atoms with van der Waals surface area (Å²) in [5, 5.41) is 17.0. The minimum atomic E-state index is -1.83. The predicted molar refractivity (Wildman–Crippen MR) is 149 cm³/mol. The van der Waals surface area contributed by atoms with Gasteiger partial charge >= 0.3 is 0 Å². The number of benzene rings is 3. The lowest BCUT2D eigenvalue weighted by atomic mass is 9.61. The number of Topliss-reactive ketones (excluding diaryl/α,β-unsaturated/α-hetero) is 1. The fraction of sp³-hybridized carbons (Fsp3) is 0.323. The van der Waals surface area contributed by atoms with Crippen molar-refractivity contribution in [2.75, 3.05) is 23.8 Å². The second kappa shape index (κ2) is 12.3. The van der Waals surface area contributed by atoms with Gasteiger partial charge in [0.15, 0.2) is 0 Å². The van der Waals surface area contributed by atoms with Crippen molar-refractivity contribution < 1.29 is 33.4 Å². The van der Waals surface area contributed by atoms with Gasteiger partial charge < -0.3 is 25.2 Å². The number of rotatable bonds is 9. The van der Waals surface area contributed by atoms with E-state index in [1.807, 2.05) is 6.92 Å². The first-order chi connectivity index (χ1) is 19.2. The van der Waals surface area contributed by atoms with Crippen LogP contribution in [-0.4, -0.2) is 41.5 Å². The number of hydrogen-bond donors (Lipinski definition) is 3. The molecule has 3 aromatic rings. The average Bonchev–Trinajstić information content (AvgIpc) is 2.90. The summed E-state index contributed by atoms with van der Waals surface area (Å²) in [5.74, 6) is -5.51. The Morgan fingerprint density at radius 3 is 2.00 bits per heavy atom. The van der Waals surface area contributed by atoms with Gasteiger partial charge in [-0.15, -0.1) is 0 Å². The molecule has 3 N–H and O–H groups in total. The van der Waals surface area contributed by atoms with Gasteiger partial charge in [0, 0.05) is 12.3 Å². The summed E-state index contributed by atoms with van der Waals surface area (Å²) in [5.41, 5.74) is -0.876. The van der Waals surface area contributed by atoms with E-state index in [-0.39, 0.29) is 5.56 Å². The van der Waals surface area contributed by atoms with Crippen LogP contribution in [0.25, 0.3) is 0 Å². The Morgan fingerprint density at radius 1 is 0.900 bits per heavy atom. The summed E-state index contributed by atoms with van der Waals surface area (Å²) < 4.78 is 25.7. The number of anilines is 2. The normalized spacial score (nSPS) is 22.3. The van der Waals surface area contributed by atoms with E-state index in [1.165, 1.54) is 25.1 Å². The first-order valence-corrected chi connectivity index (χ1v) is 13.2. The quantitative estimate of drug-likeness (QED) is 0.327. The summed E-state index contributed by atoms with van der Waals surface area (Å²) >= 11 is 0. The highest BCUT2D eigenvalue weighted by Crippen LogP contribution is 2.47. The van der Waals surface area contributed by atoms with E-state index in [2.05, 4.69) is 10.6 Å². The zero-order valence-corrected chi connectivity index (χ0v) is 22.6. The molecular formula is C31H33FN2O6. The van der Waals surface area contributed by atoms with Gasteiger partial charge in [-0.25, -0.2) is 4.39 Å². The summed E-state index contributed by atoms with van der Waals surface area (Å²) in [4.78, 5) is 41.2. The Balaban J connectivity index is 1.77. The largest absolute Gasteiger partial charge is 0.492 e. The fourth-order valence-electron chi connectivity index (χ4n) is 5.33. The average molecular weight is 549 g/mol. The van der Waals surface area contributed by atoms with Crippen LogP contribution >= 0.6 is 0 Å². The molecule has 1 saturated carbocycles. The van der Waals surface area contributed by atoms with E-state index in [0.29, 0.717) is 36.1 Å². The van der Waals surface area contributed by atoms with Crippen molar-refractivity contribution >= 4 is 29.0 Å². The van der Waals surface area contributed by atoms with E-state index in [4.69, 9.17) is 9.47 Å². The molecule has 40 heavy (non-hydrogen) atoms. The molecule has 8 nitrogen and oxygen atoms in total. The fourth-order valence-corrected chi connectivity index (χ4v) is 5.33. The lowest BCUT2D eigenvalue weighted by molar-refractivity contribution is -0.150. The zero-order valence-electron chi connectivity index (χ0n) is 22.6. The summed E-state index contributed by atoms with van der Waals surface area (Å²) in [6, 6.07) is 19.0. The van der Waals surface area contributed by atoms with E-state index < -0.39 is 53.2 Å². The maximum absolute atomic E-state index is 14.5.